The lowest BCUT2D eigenvalue weighted by Crippen LogP contribution is -2.00. The van der Waals surface area contributed by atoms with Crippen LogP contribution < -0.4 is 0 Å². The summed E-state index contributed by atoms with van der Waals surface area (Å²) in [5.74, 6) is 0.986. The molecule has 0 nitrogen and oxygen atoms in total. The second-order valence-electron chi connectivity index (χ2n) is 3.40. The van der Waals surface area contributed by atoms with Crippen LogP contribution in [0.3, 0.4) is 0 Å². The average Bonchev–Trinajstić information content (AvgIpc) is 2.69. The number of rotatable bonds is 5. The van der Waals surface area contributed by atoms with Gasteiger partial charge in [-0.1, -0.05) is 26.2 Å². The summed E-state index contributed by atoms with van der Waals surface area (Å²) in [4.78, 5) is 0. The van der Waals surface area contributed by atoms with Gasteiger partial charge in [-0.05, 0) is 25.2 Å². The van der Waals surface area contributed by atoms with Gasteiger partial charge in [0.2, 0.25) is 0 Å². The van der Waals surface area contributed by atoms with Crippen LogP contribution in [-0.2, 0) is 0 Å². The molecule has 1 saturated carbocycles. The molecule has 0 spiro atoms. The van der Waals surface area contributed by atoms with Gasteiger partial charge in [0.1, 0.15) is 0 Å². The number of unbranched alkanes of at least 4 members (excludes halogenated alkanes) is 2. The Morgan fingerprint density at radius 2 is 2.10 bits per heavy atom. The van der Waals surface area contributed by atoms with Crippen molar-refractivity contribution >= 4 is 12.6 Å². The quantitative estimate of drug-likeness (QED) is 0.461. The fourth-order valence-corrected chi connectivity index (χ4v) is 1.80. The van der Waals surface area contributed by atoms with Crippen molar-refractivity contribution in [2.45, 2.75) is 50.7 Å². The van der Waals surface area contributed by atoms with E-state index in [1.54, 1.807) is 0 Å². The molecule has 0 aromatic heterocycles. The predicted molar refractivity (Wildman–Crippen MR) is 49.6 cm³/mol. The van der Waals surface area contributed by atoms with E-state index in [-0.39, 0.29) is 0 Å². The first kappa shape index (κ1) is 8.45. The lowest BCUT2D eigenvalue weighted by Gasteiger charge is -2.06. The molecular formula is C9H18S. The van der Waals surface area contributed by atoms with Gasteiger partial charge >= 0.3 is 0 Å². The second kappa shape index (κ2) is 4.27. The van der Waals surface area contributed by atoms with Crippen LogP contribution in [0.1, 0.15) is 45.4 Å². The SMILES string of the molecule is CCCCCC(S)C1CC1. The molecule has 0 N–H and O–H groups in total. The maximum Gasteiger partial charge on any atom is 0.00450 e. The molecule has 0 heterocycles. The predicted octanol–water partition coefficient (Wildman–Crippen LogP) is 3.28. The molecule has 0 amide bonds. The second-order valence-corrected chi connectivity index (χ2v) is 4.06. The first-order valence-electron chi connectivity index (χ1n) is 4.52. The maximum atomic E-state index is 4.56. The molecular weight excluding hydrogens is 140 g/mol. The summed E-state index contributed by atoms with van der Waals surface area (Å²) >= 11 is 4.56. The zero-order valence-corrected chi connectivity index (χ0v) is 7.74. The highest BCUT2D eigenvalue weighted by Crippen LogP contribution is 2.37. The van der Waals surface area contributed by atoms with E-state index >= 15 is 0 Å². The van der Waals surface area contributed by atoms with Crippen molar-refractivity contribution in [2.75, 3.05) is 0 Å². The van der Waals surface area contributed by atoms with Crippen LogP contribution in [0.2, 0.25) is 0 Å². The minimum absolute atomic E-state index is 0.728. The van der Waals surface area contributed by atoms with Gasteiger partial charge in [-0.3, -0.25) is 0 Å². The minimum atomic E-state index is 0.728. The van der Waals surface area contributed by atoms with Gasteiger partial charge in [0, 0.05) is 5.25 Å². The number of hydrogen-bond acceptors (Lipinski definition) is 1. The van der Waals surface area contributed by atoms with E-state index in [9.17, 15) is 0 Å². The molecule has 10 heavy (non-hydrogen) atoms. The first-order chi connectivity index (χ1) is 4.84. The van der Waals surface area contributed by atoms with E-state index in [0.717, 1.165) is 11.2 Å². The molecule has 0 saturated heterocycles. The van der Waals surface area contributed by atoms with Crippen molar-refractivity contribution in [1.82, 2.24) is 0 Å². The Balaban J connectivity index is 1.90. The number of thiol groups is 1. The van der Waals surface area contributed by atoms with Crippen molar-refractivity contribution < 1.29 is 0 Å². The highest BCUT2D eigenvalue weighted by Gasteiger charge is 2.27. The monoisotopic (exact) mass is 158 g/mol. The third-order valence-corrected chi connectivity index (χ3v) is 2.95. The van der Waals surface area contributed by atoms with Crippen LogP contribution in [0.15, 0.2) is 0 Å². The molecule has 0 aliphatic heterocycles. The van der Waals surface area contributed by atoms with Gasteiger partial charge in [0.05, 0.1) is 0 Å². The smallest absolute Gasteiger partial charge is 0.00450 e. The minimum Gasteiger partial charge on any atom is -0.176 e. The van der Waals surface area contributed by atoms with E-state index in [4.69, 9.17) is 0 Å². The third kappa shape index (κ3) is 2.96. The molecule has 0 bridgehead atoms. The van der Waals surface area contributed by atoms with Gasteiger partial charge in [-0.15, -0.1) is 0 Å². The van der Waals surface area contributed by atoms with Gasteiger partial charge in [0.25, 0.3) is 0 Å². The van der Waals surface area contributed by atoms with Crippen LogP contribution in [0.25, 0.3) is 0 Å². The van der Waals surface area contributed by atoms with E-state index in [2.05, 4.69) is 19.6 Å². The zero-order valence-electron chi connectivity index (χ0n) is 6.84. The standard InChI is InChI=1S/C9H18S/c1-2-3-4-5-9(10)8-6-7-8/h8-10H,2-7H2,1H3. The molecule has 1 fully saturated rings. The number of hydrogen-bond donors (Lipinski definition) is 1. The van der Waals surface area contributed by atoms with Gasteiger partial charge in [-0.25, -0.2) is 0 Å². The Hall–Kier alpha value is 0.350. The third-order valence-electron chi connectivity index (χ3n) is 2.27. The molecule has 0 aromatic rings. The lowest BCUT2D eigenvalue weighted by molar-refractivity contribution is 0.613. The van der Waals surface area contributed by atoms with Crippen molar-refractivity contribution in [3.63, 3.8) is 0 Å². The summed E-state index contributed by atoms with van der Waals surface area (Å²) in [6.45, 7) is 2.25. The van der Waals surface area contributed by atoms with Gasteiger partial charge in [0.15, 0.2) is 0 Å². The molecule has 1 aliphatic carbocycles. The van der Waals surface area contributed by atoms with Gasteiger partial charge in [-0.2, -0.15) is 12.6 Å². The Labute approximate surface area is 69.8 Å². The summed E-state index contributed by atoms with van der Waals surface area (Å²) < 4.78 is 0. The van der Waals surface area contributed by atoms with Crippen molar-refractivity contribution in [3.05, 3.63) is 0 Å². The molecule has 0 aromatic carbocycles. The van der Waals surface area contributed by atoms with Gasteiger partial charge < -0.3 is 0 Å². The summed E-state index contributed by atoms with van der Waals surface area (Å²) in [5.41, 5.74) is 0. The zero-order chi connectivity index (χ0) is 7.40. The maximum absolute atomic E-state index is 4.56. The van der Waals surface area contributed by atoms with E-state index < -0.39 is 0 Å². The molecule has 0 radical (unpaired) electrons. The van der Waals surface area contributed by atoms with E-state index in [1.807, 2.05) is 0 Å². The molecule has 1 unspecified atom stereocenters. The first-order valence-corrected chi connectivity index (χ1v) is 5.04. The topological polar surface area (TPSA) is 0 Å². The van der Waals surface area contributed by atoms with Crippen molar-refractivity contribution in [3.8, 4) is 0 Å². The Morgan fingerprint density at radius 3 is 2.60 bits per heavy atom. The largest absolute Gasteiger partial charge is 0.176 e. The fraction of sp³-hybridized carbons (Fsp3) is 1.00. The van der Waals surface area contributed by atoms with Crippen LogP contribution in [0.4, 0.5) is 0 Å². The molecule has 1 rings (SSSR count). The molecule has 1 heteroatoms. The molecule has 1 aliphatic rings. The highest BCUT2D eigenvalue weighted by atomic mass is 32.1. The molecule has 1 atom stereocenters. The van der Waals surface area contributed by atoms with E-state index in [0.29, 0.717) is 0 Å². The Morgan fingerprint density at radius 1 is 1.40 bits per heavy atom. The molecule has 60 valence electrons. The fourth-order valence-electron chi connectivity index (χ4n) is 1.32. The Bertz CT molecular complexity index is 86.7. The van der Waals surface area contributed by atoms with Crippen LogP contribution in [0, 0.1) is 5.92 Å². The summed E-state index contributed by atoms with van der Waals surface area (Å²) in [6, 6.07) is 0. The normalized spacial score (nSPS) is 21.0. The Kier molecular flexibility index (Phi) is 3.61. The van der Waals surface area contributed by atoms with Crippen LogP contribution in [0.5, 0.6) is 0 Å². The van der Waals surface area contributed by atoms with Crippen LogP contribution >= 0.6 is 12.6 Å². The highest BCUT2D eigenvalue weighted by molar-refractivity contribution is 7.81. The summed E-state index contributed by atoms with van der Waals surface area (Å²) in [7, 11) is 0. The average molecular weight is 158 g/mol. The lowest BCUT2D eigenvalue weighted by atomic mass is 10.1. The summed E-state index contributed by atoms with van der Waals surface area (Å²) in [6.07, 6.45) is 8.36. The van der Waals surface area contributed by atoms with Crippen molar-refractivity contribution in [1.29, 1.82) is 0 Å². The van der Waals surface area contributed by atoms with Crippen molar-refractivity contribution in [2.24, 2.45) is 5.92 Å². The van der Waals surface area contributed by atoms with Crippen LogP contribution in [-0.4, -0.2) is 5.25 Å². The van der Waals surface area contributed by atoms with E-state index in [1.165, 1.54) is 38.5 Å². The summed E-state index contributed by atoms with van der Waals surface area (Å²) in [5, 5.41) is 0.728.